The van der Waals surface area contributed by atoms with E-state index in [1.807, 2.05) is 12.1 Å². The summed E-state index contributed by atoms with van der Waals surface area (Å²) in [6, 6.07) is 4.43. The first-order valence-electron chi connectivity index (χ1n) is 6.55. The summed E-state index contributed by atoms with van der Waals surface area (Å²) in [5, 5.41) is 10.2. The van der Waals surface area contributed by atoms with E-state index in [1.165, 1.54) is 32.1 Å². The smallest absolute Gasteiger partial charge is 0.0918 e. The van der Waals surface area contributed by atoms with Crippen LogP contribution in [0.5, 0.6) is 0 Å². The molecule has 0 bridgehead atoms. The average molecular weight is 234 g/mol. The van der Waals surface area contributed by atoms with Crippen molar-refractivity contribution in [2.45, 2.75) is 44.2 Å². The van der Waals surface area contributed by atoms with Crippen LogP contribution in [0.2, 0.25) is 0 Å². The molecule has 2 rings (SSSR count). The van der Waals surface area contributed by atoms with Crippen LogP contribution < -0.4 is 0 Å². The maximum absolute atomic E-state index is 10.2. The first-order chi connectivity index (χ1) is 8.27. The minimum atomic E-state index is -0.398. The van der Waals surface area contributed by atoms with Crippen molar-refractivity contribution in [1.29, 1.82) is 0 Å². The van der Waals surface area contributed by atoms with Crippen LogP contribution in [0.3, 0.4) is 0 Å². The number of aliphatic hydroxyl groups is 1. The molecule has 1 fully saturated rings. The van der Waals surface area contributed by atoms with Gasteiger partial charge in [0.1, 0.15) is 0 Å². The van der Waals surface area contributed by atoms with Gasteiger partial charge in [-0.05, 0) is 37.6 Å². The van der Waals surface area contributed by atoms with Crippen LogP contribution in [0.1, 0.15) is 43.8 Å². The lowest BCUT2D eigenvalue weighted by Gasteiger charge is -2.32. The third-order valence-electron chi connectivity index (χ3n) is 3.75. The molecule has 1 aromatic heterocycles. The van der Waals surface area contributed by atoms with Crippen molar-refractivity contribution >= 4 is 0 Å². The molecule has 1 unspecified atom stereocenters. The van der Waals surface area contributed by atoms with Gasteiger partial charge in [-0.1, -0.05) is 19.3 Å². The van der Waals surface area contributed by atoms with Gasteiger partial charge >= 0.3 is 0 Å². The quantitative estimate of drug-likeness (QED) is 0.869. The summed E-state index contributed by atoms with van der Waals surface area (Å²) in [5.74, 6) is 0. The van der Waals surface area contributed by atoms with Crippen molar-refractivity contribution in [3.05, 3.63) is 30.1 Å². The molecule has 0 saturated heterocycles. The predicted molar refractivity (Wildman–Crippen MR) is 68.7 cm³/mol. The molecule has 1 N–H and O–H groups in total. The number of aliphatic hydroxyl groups excluding tert-OH is 1. The van der Waals surface area contributed by atoms with E-state index in [2.05, 4.69) is 16.9 Å². The number of hydrogen-bond acceptors (Lipinski definition) is 3. The Morgan fingerprint density at radius 1 is 1.29 bits per heavy atom. The third kappa shape index (κ3) is 3.51. The Hall–Kier alpha value is -0.930. The standard InChI is InChI=1S/C14H22N2O/c1-16(13-5-3-2-4-6-13)11-14(17)12-7-9-15-10-8-12/h7-10,13-14,17H,2-6,11H2,1H3. The Morgan fingerprint density at radius 2 is 1.94 bits per heavy atom. The fourth-order valence-corrected chi connectivity index (χ4v) is 2.63. The summed E-state index contributed by atoms with van der Waals surface area (Å²) < 4.78 is 0. The van der Waals surface area contributed by atoms with E-state index in [0.717, 1.165) is 5.56 Å². The molecule has 0 amide bonds. The van der Waals surface area contributed by atoms with E-state index in [0.29, 0.717) is 12.6 Å². The number of hydrogen-bond donors (Lipinski definition) is 1. The Morgan fingerprint density at radius 3 is 2.59 bits per heavy atom. The van der Waals surface area contributed by atoms with Gasteiger partial charge in [0.25, 0.3) is 0 Å². The number of nitrogens with zero attached hydrogens (tertiary/aromatic N) is 2. The Balaban J connectivity index is 1.87. The summed E-state index contributed by atoms with van der Waals surface area (Å²) in [5.41, 5.74) is 0.961. The highest BCUT2D eigenvalue weighted by atomic mass is 16.3. The fraction of sp³-hybridized carbons (Fsp3) is 0.643. The minimum Gasteiger partial charge on any atom is -0.387 e. The van der Waals surface area contributed by atoms with Crippen molar-refractivity contribution in [1.82, 2.24) is 9.88 Å². The van der Waals surface area contributed by atoms with Crippen LogP contribution in [-0.4, -0.2) is 34.6 Å². The predicted octanol–water partition coefficient (Wildman–Crippen LogP) is 2.38. The van der Waals surface area contributed by atoms with Crippen LogP contribution in [0, 0.1) is 0 Å². The lowest BCUT2D eigenvalue weighted by molar-refractivity contribution is 0.0913. The number of rotatable bonds is 4. The summed E-state index contributed by atoms with van der Waals surface area (Å²) in [6.07, 6.45) is 9.67. The first-order valence-corrected chi connectivity index (χ1v) is 6.55. The third-order valence-corrected chi connectivity index (χ3v) is 3.75. The Bertz CT molecular complexity index is 322. The lowest BCUT2D eigenvalue weighted by atomic mass is 9.94. The molecule has 3 nitrogen and oxygen atoms in total. The van der Waals surface area contributed by atoms with Crippen molar-refractivity contribution in [3.63, 3.8) is 0 Å². The molecular formula is C14H22N2O. The van der Waals surface area contributed by atoms with Crippen LogP contribution in [-0.2, 0) is 0 Å². The van der Waals surface area contributed by atoms with E-state index < -0.39 is 6.10 Å². The molecule has 1 saturated carbocycles. The first kappa shape index (κ1) is 12.5. The van der Waals surface area contributed by atoms with Gasteiger partial charge in [0.05, 0.1) is 6.10 Å². The van der Waals surface area contributed by atoms with E-state index in [9.17, 15) is 5.11 Å². The second kappa shape index (κ2) is 6.12. The Labute approximate surface area is 103 Å². The summed E-state index contributed by atoms with van der Waals surface area (Å²) in [6.45, 7) is 0.717. The second-order valence-corrected chi connectivity index (χ2v) is 5.03. The van der Waals surface area contributed by atoms with Crippen molar-refractivity contribution in [3.8, 4) is 0 Å². The highest BCUT2D eigenvalue weighted by Crippen LogP contribution is 2.23. The zero-order valence-electron chi connectivity index (χ0n) is 10.5. The number of likely N-dealkylation sites (N-methyl/N-ethyl adjacent to an activating group) is 1. The van der Waals surface area contributed by atoms with Gasteiger partial charge in [0.2, 0.25) is 0 Å². The molecule has 0 spiro atoms. The van der Waals surface area contributed by atoms with Crippen molar-refractivity contribution < 1.29 is 5.11 Å². The summed E-state index contributed by atoms with van der Waals surface area (Å²) in [4.78, 5) is 6.28. The normalized spacial score (nSPS) is 19.5. The molecule has 3 heteroatoms. The van der Waals surface area contributed by atoms with Gasteiger partial charge in [-0.3, -0.25) is 4.98 Å². The maximum Gasteiger partial charge on any atom is 0.0918 e. The van der Waals surface area contributed by atoms with Crippen molar-refractivity contribution in [2.24, 2.45) is 0 Å². The summed E-state index contributed by atoms with van der Waals surface area (Å²) in [7, 11) is 2.13. The minimum absolute atomic E-state index is 0.398. The SMILES string of the molecule is CN(CC(O)c1ccncc1)C1CCCCC1. The molecule has 17 heavy (non-hydrogen) atoms. The molecule has 1 heterocycles. The maximum atomic E-state index is 10.2. The van der Waals surface area contributed by atoms with E-state index in [-0.39, 0.29) is 0 Å². The van der Waals surface area contributed by atoms with Gasteiger partial charge in [-0.2, -0.15) is 0 Å². The van der Waals surface area contributed by atoms with E-state index >= 15 is 0 Å². The van der Waals surface area contributed by atoms with Crippen LogP contribution >= 0.6 is 0 Å². The average Bonchev–Trinajstić information content (AvgIpc) is 2.40. The second-order valence-electron chi connectivity index (χ2n) is 5.03. The lowest BCUT2D eigenvalue weighted by Crippen LogP contribution is -2.36. The molecule has 0 aliphatic heterocycles. The number of aromatic nitrogens is 1. The Kier molecular flexibility index (Phi) is 4.51. The molecular weight excluding hydrogens is 212 g/mol. The van der Waals surface area contributed by atoms with E-state index in [4.69, 9.17) is 0 Å². The fourth-order valence-electron chi connectivity index (χ4n) is 2.63. The molecule has 1 aromatic rings. The topological polar surface area (TPSA) is 36.4 Å². The zero-order chi connectivity index (χ0) is 12.1. The molecule has 94 valence electrons. The highest BCUT2D eigenvalue weighted by Gasteiger charge is 2.20. The van der Waals surface area contributed by atoms with Gasteiger partial charge in [0.15, 0.2) is 0 Å². The zero-order valence-corrected chi connectivity index (χ0v) is 10.5. The molecule has 1 aliphatic rings. The van der Waals surface area contributed by atoms with Gasteiger partial charge in [-0.15, -0.1) is 0 Å². The largest absolute Gasteiger partial charge is 0.387 e. The molecule has 0 radical (unpaired) electrons. The molecule has 1 aliphatic carbocycles. The van der Waals surface area contributed by atoms with Gasteiger partial charge in [0, 0.05) is 25.0 Å². The van der Waals surface area contributed by atoms with Gasteiger partial charge in [-0.25, -0.2) is 0 Å². The molecule has 1 atom stereocenters. The summed E-state index contributed by atoms with van der Waals surface area (Å²) >= 11 is 0. The molecule has 0 aromatic carbocycles. The van der Waals surface area contributed by atoms with Crippen LogP contribution in [0.4, 0.5) is 0 Å². The van der Waals surface area contributed by atoms with Crippen LogP contribution in [0.15, 0.2) is 24.5 Å². The van der Waals surface area contributed by atoms with Gasteiger partial charge < -0.3 is 10.0 Å². The van der Waals surface area contributed by atoms with E-state index in [1.54, 1.807) is 12.4 Å². The van der Waals surface area contributed by atoms with Crippen LogP contribution in [0.25, 0.3) is 0 Å². The van der Waals surface area contributed by atoms with Crippen molar-refractivity contribution in [2.75, 3.05) is 13.6 Å². The highest BCUT2D eigenvalue weighted by molar-refractivity contribution is 5.13. The number of pyridine rings is 1. The monoisotopic (exact) mass is 234 g/mol.